The molecule has 1 aliphatic carbocycles. The molecule has 11 heteroatoms. The fourth-order valence-electron chi connectivity index (χ4n) is 3.90. The Bertz CT molecular complexity index is 1330. The van der Waals surface area contributed by atoms with Crippen LogP contribution in [0.2, 0.25) is 0 Å². The maximum atomic E-state index is 13.0. The molecule has 0 bridgehead atoms. The Balaban J connectivity index is 1.67. The van der Waals surface area contributed by atoms with Crippen molar-refractivity contribution in [3.63, 3.8) is 0 Å². The topological polar surface area (TPSA) is 121 Å². The highest BCUT2D eigenvalue weighted by Crippen LogP contribution is 2.46. The summed E-state index contributed by atoms with van der Waals surface area (Å²) in [4.78, 5) is 21.7. The number of hydrogen-bond donors (Lipinski definition) is 2. The second-order valence-electron chi connectivity index (χ2n) is 8.33. The molecule has 1 aliphatic heterocycles. The third-order valence-corrected chi connectivity index (χ3v) is 7.63. The van der Waals surface area contributed by atoms with Crippen molar-refractivity contribution in [2.24, 2.45) is 0 Å². The van der Waals surface area contributed by atoms with Crippen LogP contribution >= 0.6 is 7.37 Å². The molecule has 192 valence electrons. The number of methoxy groups -OCH3 is 1. The van der Waals surface area contributed by atoms with Gasteiger partial charge in [-0.05, 0) is 13.0 Å². The lowest BCUT2D eigenvalue weighted by atomic mass is 10.1. The van der Waals surface area contributed by atoms with E-state index in [0.717, 1.165) is 6.42 Å². The van der Waals surface area contributed by atoms with Gasteiger partial charge in [0.1, 0.15) is 48.4 Å². The lowest BCUT2D eigenvalue weighted by Gasteiger charge is -2.19. The first-order valence-electron chi connectivity index (χ1n) is 11.7. The van der Waals surface area contributed by atoms with Gasteiger partial charge in [0.25, 0.3) is 0 Å². The number of nitrogens with one attached hydrogen (secondary N) is 2. The number of aromatic nitrogens is 2. The van der Waals surface area contributed by atoms with E-state index in [1.807, 2.05) is 0 Å². The number of terminal acetylenes is 1. The molecule has 1 aromatic carbocycles. The van der Waals surface area contributed by atoms with E-state index in [0.29, 0.717) is 52.6 Å². The van der Waals surface area contributed by atoms with Gasteiger partial charge < -0.3 is 24.1 Å². The summed E-state index contributed by atoms with van der Waals surface area (Å²) in [6, 6.07) is 3.45. The van der Waals surface area contributed by atoms with Crippen LogP contribution in [0.3, 0.4) is 0 Å². The van der Waals surface area contributed by atoms with Crippen LogP contribution in [0.5, 0.6) is 5.75 Å². The average molecular weight is 524 g/mol. The van der Waals surface area contributed by atoms with Gasteiger partial charge >= 0.3 is 0 Å². The zero-order valence-electron chi connectivity index (χ0n) is 20.7. The number of ether oxygens (including phenoxy) is 3. The van der Waals surface area contributed by atoms with E-state index in [9.17, 15) is 9.36 Å². The molecule has 2 aromatic rings. The Morgan fingerprint density at radius 3 is 2.97 bits per heavy atom. The Kier molecular flexibility index (Phi) is 8.67. The molecule has 1 saturated heterocycles. The molecule has 0 radical (unpaired) electrons. The molecule has 1 amide bonds. The van der Waals surface area contributed by atoms with Crippen molar-refractivity contribution in [3.8, 4) is 18.1 Å². The summed E-state index contributed by atoms with van der Waals surface area (Å²) in [6.07, 6.45) is 15.2. The number of benzene rings is 1. The number of rotatable bonds is 11. The van der Waals surface area contributed by atoms with Crippen LogP contribution < -0.4 is 15.4 Å². The van der Waals surface area contributed by atoms with E-state index in [2.05, 4.69) is 32.6 Å². The first-order chi connectivity index (χ1) is 17.9. The number of carbonyl (C=O) groups excluding carboxylic acids is 1. The summed E-state index contributed by atoms with van der Waals surface area (Å²) in [5.74, 6) is 3.00. The number of hydrogen-bond acceptors (Lipinski definition) is 9. The minimum Gasteiger partial charge on any atom is -0.486 e. The van der Waals surface area contributed by atoms with Crippen molar-refractivity contribution in [1.29, 1.82) is 0 Å². The van der Waals surface area contributed by atoms with Crippen molar-refractivity contribution in [2.45, 2.75) is 19.4 Å². The van der Waals surface area contributed by atoms with Gasteiger partial charge in [-0.2, -0.15) is 0 Å². The number of anilines is 2. The maximum absolute atomic E-state index is 13.0. The quantitative estimate of drug-likeness (QED) is 0.257. The van der Waals surface area contributed by atoms with Gasteiger partial charge in [0, 0.05) is 37.0 Å². The normalized spacial score (nSPS) is 18.2. The molecule has 10 nitrogen and oxygen atoms in total. The third kappa shape index (κ3) is 6.80. The predicted molar refractivity (Wildman–Crippen MR) is 140 cm³/mol. The first-order valence-corrected chi connectivity index (χ1v) is 13.7. The van der Waals surface area contributed by atoms with E-state index < -0.39 is 13.3 Å². The summed E-state index contributed by atoms with van der Waals surface area (Å²) in [7, 11) is -1.91. The summed E-state index contributed by atoms with van der Waals surface area (Å²) in [5, 5.41) is 6.69. The van der Waals surface area contributed by atoms with Gasteiger partial charge in [0.2, 0.25) is 13.3 Å². The van der Waals surface area contributed by atoms with Crippen LogP contribution in [0.1, 0.15) is 13.3 Å². The first kappa shape index (κ1) is 26.5. The van der Waals surface area contributed by atoms with Crippen molar-refractivity contribution in [3.05, 3.63) is 54.0 Å². The SMILES string of the molecule is C#CC1=CC(Nc2ncnc3cc(OC4CCOC4)c(NC(=O)CP(=O)(COC)OCC)cc23)=C[C+]=C1. The largest absolute Gasteiger partial charge is 0.486 e. The van der Waals surface area contributed by atoms with Gasteiger partial charge in [0.15, 0.2) is 11.5 Å². The molecular formula is C26H28N4O6P+. The Morgan fingerprint density at radius 2 is 2.24 bits per heavy atom. The van der Waals surface area contributed by atoms with Crippen molar-refractivity contribution in [2.75, 3.05) is 50.1 Å². The summed E-state index contributed by atoms with van der Waals surface area (Å²) >= 11 is 0. The molecule has 2 unspecified atom stereocenters. The third-order valence-electron chi connectivity index (χ3n) is 5.49. The van der Waals surface area contributed by atoms with Crippen LogP contribution in [0.15, 0.2) is 48.0 Å². The number of nitrogens with zero attached hydrogens (tertiary/aromatic N) is 2. The molecule has 2 heterocycles. The molecule has 37 heavy (non-hydrogen) atoms. The highest BCUT2D eigenvalue weighted by atomic mass is 31.2. The molecule has 1 fully saturated rings. The van der Waals surface area contributed by atoms with E-state index in [-0.39, 0.29) is 25.2 Å². The molecule has 4 rings (SSSR count). The smallest absolute Gasteiger partial charge is 0.237 e. The Hall–Kier alpha value is -3.57. The molecule has 0 saturated carbocycles. The minimum atomic E-state index is -3.32. The van der Waals surface area contributed by atoms with Gasteiger partial charge in [-0.3, -0.25) is 14.7 Å². The summed E-state index contributed by atoms with van der Waals surface area (Å²) in [5.41, 5.74) is 2.34. The van der Waals surface area contributed by atoms with Crippen LogP contribution in [-0.4, -0.2) is 61.4 Å². The zero-order valence-corrected chi connectivity index (χ0v) is 21.5. The van der Waals surface area contributed by atoms with E-state index in [1.165, 1.54) is 13.4 Å². The standard InChI is InChI=1S/C26H27N4O6P/c1-4-18-7-6-8-19(11-18)29-26-21-12-23(30-25(31)15-37(32,17-33-3)35-5-2)24(13-22(21)27-16-28-26)36-20-9-10-34-14-20/h1,7-8,11-13,16,20H,5,9-10,14-15,17H2,2-3H3,(H-,27,28,29,30,31)/p+1. The maximum Gasteiger partial charge on any atom is 0.237 e. The lowest BCUT2D eigenvalue weighted by molar-refractivity contribution is -0.114. The van der Waals surface area contributed by atoms with Gasteiger partial charge in [0.05, 0.1) is 37.1 Å². The second kappa shape index (κ2) is 12.1. The van der Waals surface area contributed by atoms with Crippen molar-refractivity contribution < 1.29 is 28.1 Å². The summed E-state index contributed by atoms with van der Waals surface area (Å²) < 4.78 is 35.0. The van der Waals surface area contributed by atoms with Crippen LogP contribution in [0, 0.1) is 18.4 Å². The number of carbonyl (C=O) groups is 1. The van der Waals surface area contributed by atoms with Gasteiger partial charge in [-0.15, -0.1) is 0 Å². The fourth-order valence-corrected chi connectivity index (χ4v) is 5.54. The minimum absolute atomic E-state index is 0.162. The molecule has 2 atom stereocenters. The highest BCUT2D eigenvalue weighted by molar-refractivity contribution is 7.59. The average Bonchev–Trinajstić information content (AvgIpc) is 3.38. The van der Waals surface area contributed by atoms with E-state index >= 15 is 0 Å². The van der Waals surface area contributed by atoms with Crippen LogP contribution in [0.4, 0.5) is 11.5 Å². The highest BCUT2D eigenvalue weighted by Gasteiger charge is 2.28. The Morgan fingerprint density at radius 1 is 1.38 bits per heavy atom. The van der Waals surface area contributed by atoms with E-state index in [1.54, 1.807) is 37.3 Å². The van der Waals surface area contributed by atoms with Crippen LogP contribution in [0.25, 0.3) is 10.9 Å². The summed E-state index contributed by atoms with van der Waals surface area (Å²) in [6.45, 7) is 2.95. The number of amides is 1. The number of allylic oxidation sites excluding steroid dienone is 5. The zero-order chi connectivity index (χ0) is 26.3. The monoisotopic (exact) mass is 523 g/mol. The van der Waals surface area contributed by atoms with Crippen molar-refractivity contribution in [1.82, 2.24) is 9.97 Å². The van der Waals surface area contributed by atoms with Gasteiger partial charge in [-0.25, -0.2) is 9.97 Å². The molecular weight excluding hydrogens is 495 g/mol. The van der Waals surface area contributed by atoms with Crippen molar-refractivity contribution >= 4 is 35.7 Å². The molecule has 2 aliphatic rings. The number of fused-ring (bicyclic) bond motifs is 1. The predicted octanol–water partition coefficient (Wildman–Crippen LogP) is 3.88. The molecule has 2 N–H and O–H groups in total. The van der Waals surface area contributed by atoms with E-state index in [4.69, 9.17) is 25.2 Å². The Labute approximate surface area is 215 Å². The van der Waals surface area contributed by atoms with Crippen LogP contribution in [-0.2, 0) is 23.4 Å². The second-order valence-corrected chi connectivity index (χ2v) is 10.8. The lowest BCUT2D eigenvalue weighted by Crippen LogP contribution is -2.21. The van der Waals surface area contributed by atoms with Gasteiger partial charge in [-0.1, -0.05) is 6.42 Å². The fraction of sp³-hybridized carbons (Fsp3) is 0.346. The molecule has 0 spiro atoms. The molecule has 1 aromatic heterocycles.